The molecule has 1 aliphatic heterocycles. The first kappa shape index (κ1) is 17.5. The molecule has 0 spiro atoms. The summed E-state index contributed by atoms with van der Waals surface area (Å²) in [4.78, 5) is 0. The average molecular weight is 308 g/mol. The Kier molecular flexibility index (Phi) is 9.03. The maximum atomic E-state index is 4.07. The van der Waals surface area contributed by atoms with E-state index in [9.17, 15) is 0 Å². The van der Waals surface area contributed by atoms with Gasteiger partial charge in [0.2, 0.25) is 0 Å². The Hall–Kier alpha value is 0.170. The van der Waals surface area contributed by atoms with Gasteiger partial charge in [0.25, 0.3) is 0 Å². The second kappa shape index (κ2) is 10.8. The monoisotopic (exact) mass is 308 g/mol. The molecule has 0 aromatic carbocycles. The predicted molar refractivity (Wildman–Crippen MR) is 98.8 cm³/mol. The first-order chi connectivity index (χ1) is 10.4. The first-order valence-corrected chi connectivity index (χ1v) is 11.4. The number of hydrogen-bond donors (Lipinski definition) is 0. The molecule has 1 saturated carbocycles. The molecule has 0 radical (unpaired) electrons. The molecule has 122 valence electrons. The maximum Gasteiger partial charge on any atom is -0.0172 e. The van der Waals surface area contributed by atoms with Gasteiger partial charge in [0, 0.05) is 0 Å². The van der Waals surface area contributed by atoms with E-state index in [0.29, 0.717) is 0 Å². The van der Waals surface area contributed by atoms with Crippen molar-refractivity contribution < 1.29 is 0 Å². The molecule has 0 aromatic heterocycles. The van der Waals surface area contributed by atoms with Gasteiger partial charge in [0.15, 0.2) is 0 Å². The molecule has 0 amide bonds. The van der Waals surface area contributed by atoms with Crippen molar-refractivity contribution in [2.24, 2.45) is 0 Å². The average Bonchev–Trinajstić information content (AvgIpc) is 2.69. The highest BCUT2D eigenvalue weighted by molar-refractivity contribution is 7.59. The zero-order valence-electron chi connectivity index (χ0n) is 14.2. The van der Waals surface area contributed by atoms with Gasteiger partial charge >= 0.3 is 0 Å². The lowest BCUT2D eigenvalue weighted by Gasteiger charge is -2.34. The van der Waals surface area contributed by atoms with Crippen LogP contribution in [0.1, 0.15) is 96.3 Å². The summed E-state index contributed by atoms with van der Waals surface area (Å²) in [5.41, 5.74) is 2.11. The van der Waals surface area contributed by atoms with E-state index < -0.39 is 0 Å². The molecule has 2 atom stereocenters. The summed E-state index contributed by atoms with van der Waals surface area (Å²) in [7, 11) is 0.268. The molecule has 1 saturated heterocycles. The normalized spacial score (nSPS) is 31.0. The smallest absolute Gasteiger partial charge is 0.0172 e. The fraction of sp³-hybridized carbons (Fsp3) is 0.900. The minimum absolute atomic E-state index is 0.268. The van der Waals surface area contributed by atoms with E-state index in [1.54, 1.807) is 19.0 Å². The Balaban J connectivity index is 2.01. The third kappa shape index (κ3) is 6.43. The summed E-state index contributed by atoms with van der Waals surface area (Å²) in [6.45, 7) is 4.07. The van der Waals surface area contributed by atoms with Crippen LogP contribution in [0.25, 0.3) is 0 Å². The van der Waals surface area contributed by atoms with E-state index in [-0.39, 0.29) is 7.92 Å². The SMILES string of the molecule is C=CCC1CCCCCCCP1C1CCCCCCCC1. The molecule has 0 bridgehead atoms. The highest BCUT2D eigenvalue weighted by Gasteiger charge is 2.28. The molecule has 2 rings (SSSR count). The van der Waals surface area contributed by atoms with Crippen molar-refractivity contribution in [2.75, 3.05) is 6.16 Å². The van der Waals surface area contributed by atoms with Crippen molar-refractivity contribution in [1.82, 2.24) is 0 Å². The summed E-state index contributed by atoms with van der Waals surface area (Å²) < 4.78 is 0. The van der Waals surface area contributed by atoms with Crippen LogP contribution >= 0.6 is 7.92 Å². The van der Waals surface area contributed by atoms with E-state index >= 15 is 0 Å². The van der Waals surface area contributed by atoms with Gasteiger partial charge in [-0.1, -0.05) is 70.3 Å². The predicted octanol–water partition coefficient (Wildman–Crippen LogP) is 7.27. The van der Waals surface area contributed by atoms with Crippen molar-refractivity contribution in [3.63, 3.8) is 0 Å². The van der Waals surface area contributed by atoms with E-state index in [1.165, 1.54) is 83.5 Å². The lowest BCUT2D eigenvalue weighted by molar-refractivity contribution is 0.601. The van der Waals surface area contributed by atoms with Crippen LogP contribution in [0.5, 0.6) is 0 Å². The first-order valence-electron chi connectivity index (χ1n) is 9.78. The van der Waals surface area contributed by atoms with Crippen molar-refractivity contribution in [3.05, 3.63) is 12.7 Å². The van der Waals surface area contributed by atoms with E-state index in [2.05, 4.69) is 12.7 Å². The minimum Gasteiger partial charge on any atom is -0.103 e. The van der Waals surface area contributed by atoms with Crippen LogP contribution in [0.3, 0.4) is 0 Å². The zero-order chi connectivity index (χ0) is 14.8. The second-order valence-electron chi connectivity index (χ2n) is 7.32. The van der Waals surface area contributed by atoms with Crippen LogP contribution in [-0.2, 0) is 0 Å². The molecular weight excluding hydrogens is 271 g/mol. The van der Waals surface area contributed by atoms with Gasteiger partial charge in [-0.2, -0.15) is 0 Å². The van der Waals surface area contributed by atoms with Crippen molar-refractivity contribution in [1.29, 1.82) is 0 Å². The zero-order valence-corrected chi connectivity index (χ0v) is 15.1. The van der Waals surface area contributed by atoms with Crippen molar-refractivity contribution in [2.45, 2.75) is 108 Å². The lowest BCUT2D eigenvalue weighted by atomic mass is 10.1. The second-order valence-corrected chi connectivity index (χ2v) is 10.3. The molecule has 1 aliphatic carbocycles. The molecule has 1 heterocycles. The molecular formula is C20H37P. The fourth-order valence-corrected chi connectivity index (χ4v) is 8.30. The topological polar surface area (TPSA) is 0 Å². The number of rotatable bonds is 3. The highest BCUT2D eigenvalue weighted by Crippen LogP contribution is 2.54. The number of allylic oxidation sites excluding steroid dienone is 1. The van der Waals surface area contributed by atoms with Crippen molar-refractivity contribution in [3.8, 4) is 0 Å². The van der Waals surface area contributed by atoms with Gasteiger partial charge in [-0.25, -0.2) is 0 Å². The van der Waals surface area contributed by atoms with E-state index in [0.717, 1.165) is 11.3 Å². The Bertz CT molecular complexity index is 263. The summed E-state index contributed by atoms with van der Waals surface area (Å²) in [6, 6.07) is 0. The Morgan fingerprint density at radius 1 is 0.714 bits per heavy atom. The standard InChI is InChI=1S/C20H37P/c1-2-14-19-15-10-8-5-9-13-18-21(19)20-16-11-6-3-4-7-12-17-20/h2,19-20H,1,3-18H2. The fourth-order valence-electron chi connectivity index (χ4n) is 4.42. The molecule has 1 heteroatoms. The molecule has 2 unspecified atom stereocenters. The van der Waals surface area contributed by atoms with Crippen LogP contribution in [-0.4, -0.2) is 17.5 Å². The van der Waals surface area contributed by atoms with Crippen LogP contribution < -0.4 is 0 Å². The molecule has 0 N–H and O–H groups in total. The molecule has 2 aliphatic rings. The quantitative estimate of drug-likeness (QED) is 0.380. The molecule has 21 heavy (non-hydrogen) atoms. The largest absolute Gasteiger partial charge is 0.103 e. The maximum absolute atomic E-state index is 4.07. The van der Waals surface area contributed by atoms with E-state index in [1.807, 2.05) is 0 Å². The lowest BCUT2D eigenvalue weighted by Crippen LogP contribution is -2.17. The minimum atomic E-state index is 0.268. The summed E-state index contributed by atoms with van der Waals surface area (Å²) >= 11 is 0. The van der Waals surface area contributed by atoms with Crippen molar-refractivity contribution >= 4 is 7.92 Å². The van der Waals surface area contributed by atoms with Crippen LogP contribution in [0, 0.1) is 0 Å². The van der Waals surface area contributed by atoms with E-state index in [4.69, 9.17) is 0 Å². The van der Waals surface area contributed by atoms with Gasteiger partial charge in [-0.15, -0.1) is 14.5 Å². The van der Waals surface area contributed by atoms with Gasteiger partial charge < -0.3 is 0 Å². The molecule has 0 nitrogen and oxygen atoms in total. The summed E-state index contributed by atoms with van der Waals surface area (Å²) in [5, 5.41) is 0. The van der Waals surface area contributed by atoms with Gasteiger partial charge in [0.05, 0.1) is 0 Å². The van der Waals surface area contributed by atoms with Gasteiger partial charge in [0.1, 0.15) is 0 Å². The van der Waals surface area contributed by atoms with Crippen LogP contribution in [0.15, 0.2) is 12.7 Å². The summed E-state index contributed by atoms with van der Waals surface area (Å²) in [6.07, 6.45) is 26.3. The van der Waals surface area contributed by atoms with Crippen LogP contribution in [0.2, 0.25) is 0 Å². The van der Waals surface area contributed by atoms with Gasteiger partial charge in [-0.05, 0) is 49.6 Å². The summed E-state index contributed by atoms with van der Waals surface area (Å²) in [5.74, 6) is 0. The molecule has 0 aromatic rings. The third-order valence-corrected chi connectivity index (χ3v) is 9.35. The molecule has 2 fully saturated rings. The Morgan fingerprint density at radius 2 is 1.24 bits per heavy atom. The van der Waals surface area contributed by atoms with Crippen LogP contribution in [0.4, 0.5) is 0 Å². The Morgan fingerprint density at radius 3 is 1.86 bits per heavy atom. The Labute approximate surface area is 134 Å². The van der Waals surface area contributed by atoms with Gasteiger partial charge in [-0.3, -0.25) is 0 Å². The third-order valence-electron chi connectivity index (χ3n) is 5.66. The number of hydrogen-bond acceptors (Lipinski definition) is 0. The highest BCUT2D eigenvalue weighted by atomic mass is 31.1.